The third kappa shape index (κ3) is 8.76. The Kier molecular flexibility index (Phi) is 10.6. The highest BCUT2D eigenvalue weighted by molar-refractivity contribution is 6.12. The van der Waals surface area contributed by atoms with Gasteiger partial charge in [0.15, 0.2) is 0 Å². The van der Waals surface area contributed by atoms with Crippen molar-refractivity contribution in [1.82, 2.24) is 18.7 Å². The van der Waals surface area contributed by atoms with Crippen molar-refractivity contribution in [2.24, 2.45) is 0 Å². The van der Waals surface area contributed by atoms with E-state index in [0.717, 1.165) is 88.9 Å². The Hall–Kier alpha value is -9.00. The summed E-state index contributed by atoms with van der Waals surface area (Å²) in [5, 5.41) is 4.46. The number of benzene rings is 9. The molecular weight excluding hydrogens is 963 g/mol. The summed E-state index contributed by atoms with van der Waals surface area (Å²) in [7, 11) is 0. The van der Waals surface area contributed by atoms with Crippen LogP contribution in [0.15, 0.2) is 218 Å². The van der Waals surface area contributed by atoms with Gasteiger partial charge in [0.25, 0.3) is 6.33 Å². The van der Waals surface area contributed by atoms with Crippen molar-refractivity contribution in [2.75, 3.05) is 0 Å². The van der Waals surface area contributed by atoms with Gasteiger partial charge in [-0.1, -0.05) is 189 Å². The topological polar surface area (TPSA) is 40.8 Å². The Morgan fingerprint density at radius 1 is 0.532 bits per heavy atom. The lowest BCUT2D eigenvalue weighted by Gasteiger charge is -2.27. The largest absolute Gasteiger partial charge is 0.458 e. The molecule has 13 aromatic rings. The van der Waals surface area contributed by atoms with Crippen LogP contribution < -0.4 is 9.30 Å². The molecule has 0 aliphatic heterocycles. The number of hydrogen-bond donors (Lipinski definition) is 0. The van der Waals surface area contributed by atoms with Crippen molar-refractivity contribution in [1.29, 1.82) is 0 Å². The molecule has 0 saturated carbocycles. The third-order valence-corrected chi connectivity index (χ3v) is 15.7. The zero-order valence-corrected chi connectivity index (χ0v) is 46.0. The number of ether oxygens (including phenoxy) is 1. The molecule has 13 rings (SSSR count). The van der Waals surface area contributed by atoms with Crippen molar-refractivity contribution < 1.29 is 17.5 Å². The highest BCUT2D eigenvalue weighted by atomic mass is 16.5. The molecule has 6 heteroatoms. The maximum absolute atomic E-state index is 9.46. The van der Waals surface area contributed by atoms with Gasteiger partial charge in [-0.3, -0.25) is 13.7 Å². The molecule has 0 bridgehead atoms. The van der Waals surface area contributed by atoms with E-state index in [9.17, 15) is 4.11 Å². The molecule has 0 radical (unpaired) electrons. The van der Waals surface area contributed by atoms with Crippen molar-refractivity contribution in [3.05, 3.63) is 241 Å². The first-order valence-corrected chi connectivity index (χ1v) is 27.4. The van der Waals surface area contributed by atoms with Crippen LogP contribution in [0.25, 0.3) is 99.8 Å². The van der Waals surface area contributed by atoms with Crippen LogP contribution in [0.2, 0.25) is 0 Å². The van der Waals surface area contributed by atoms with E-state index in [-0.39, 0.29) is 28.5 Å². The highest BCUT2D eigenvalue weighted by Gasteiger charge is 2.25. The molecule has 0 N–H and O–H groups in total. The summed E-state index contributed by atoms with van der Waals surface area (Å²) in [5.41, 5.74) is 13.3. The van der Waals surface area contributed by atoms with Crippen LogP contribution in [0.1, 0.15) is 99.0 Å². The van der Waals surface area contributed by atoms with Gasteiger partial charge in [0, 0.05) is 40.9 Å². The number of rotatable bonds is 11. The minimum atomic E-state index is -0.772. The summed E-state index contributed by atoms with van der Waals surface area (Å²) in [6, 6.07) is 60.6. The SMILES string of the molecule is [2H]c1c([2H])c([2H])c(-c2cccc(-c3cc(C(C)(C)C)cc(C(C)(C)C)c3)c2-[n+]2[c-]n(-c3cccc(Oc4ccc5c6cc(-n7c8ccccc8c8ccccc87)ccc6n(-c6cc(C([2H])(CC)CC)ccn6)c5c4)c3)c3ccccc32)c([2H])c1[2H]. The summed E-state index contributed by atoms with van der Waals surface area (Å²) >= 11 is 0. The van der Waals surface area contributed by atoms with Crippen LogP contribution in [-0.4, -0.2) is 18.7 Å². The summed E-state index contributed by atoms with van der Waals surface area (Å²) < 4.78 is 69.6. The number of para-hydroxylation sites is 5. The molecule has 4 aromatic heterocycles. The normalized spacial score (nSPS) is 13.5. The summed E-state index contributed by atoms with van der Waals surface area (Å²) in [6.45, 7) is 17.4. The van der Waals surface area contributed by atoms with Gasteiger partial charge in [0.2, 0.25) is 0 Å². The van der Waals surface area contributed by atoms with Crippen molar-refractivity contribution in [3.63, 3.8) is 0 Å². The van der Waals surface area contributed by atoms with Crippen LogP contribution in [0.5, 0.6) is 11.5 Å². The van der Waals surface area contributed by atoms with E-state index in [1.54, 1.807) is 0 Å². The van der Waals surface area contributed by atoms with Gasteiger partial charge < -0.3 is 9.30 Å². The number of pyridine rings is 1. The molecule has 79 heavy (non-hydrogen) atoms. The zero-order valence-electron chi connectivity index (χ0n) is 52.0. The molecule has 0 amide bonds. The monoisotopic (exact) mass is 1030 g/mol. The number of imidazole rings is 1. The molecule has 0 spiro atoms. The van der Waals surface area contributed by atoms with E-state index in [1.807, 2.05) is 88.1 Å². The first-order chi connectivity index (χ1) is 40.8. The second-order valence-corrected chi connectivity index (χ2v) is 22.7. The molecule has 0 saturated heterocycles. The highest BCUT2D eigenvalue weighted by Crippen LogP contribution is 2.42. The maximum Gasteiger partial charge on any atom is 0.269 e. The summed E-state index contributed by atoms with van der Waals surface area (Å²) in [5.74, 6) is 1.15. The van der Waals surface area contributed by atoms with E-state index < -0.39 is 24.0 Å². The summed E-state index contributed by atoms with van der Waals surface area (Å²) in [6.07, 6.45) is 6.87. The fraction of sp³-hybridized carbons (Fsp3) is 0.178. The molecule has 0 aliphatic rings. The van der Waals surface area contributed by atoms with E-state index in [2.05, 4.69) is 180 Å². The van der Waals surface area contributed by atoms with Crippen LogP contribution in [0, 0.1) is 6.33 Å². The van der Waals surface area contributed by atoms with E-state index in [0.29, 0.717) is 35.6 Å². The predicted octanol–water partition coefficient (Wildman–Crippen LogP) is 18.9. The van der Waals surface area contributed by atoms with E-state index in [4.69, 9.17) is 13.8 Å². The van der Waals surface area contributed by atoms with Crippen LogP contribution in [0.3, 0.4) is 0 Å². The minimum Gasteiger partial charge on any atom is -0.458 e. The van der Waals surface area contributed by atoms with Gasteiger partial charge in [-0.05, 0) is 141 Å². The molecular formula is C73H65N5O. The van der Waals surface area contributed by atoms with Crippen LogP contribution >= 0.6 is 0 Å². The lowest BCUT2D eigenvalue weighted by atomic mass is 9.78. The third-order valence-electron chi connectivity index (χ3n) is 15.7. The number of aromatic nitrogens is 5. The van der Waals surface area contributed by atoms with E-state index >= 15 is 0 Å². The molecule has 0 fully saturated rings. The molecule has 9 aromatic carbocycles. The Morgan fingerprint density at radius 2 is 1.15 bits per heavy atom. The minimum absolute atomic E-state index is 0.105. The summed E-state index contributed by atoms with van der Waals surface area (Å²) in [4.78, 5) is 5.00. The average Bonchev–Trinajstić information content (AvgIpc) is 2.01. The smallest absolute Gasteiger partial charge is 0.269 e. The van der Waals surface area contributed by atoms with E-state index in [1.165, 1.54) is 10.8 Å². The maximum atomic E-state index is 9.46. The molecule has 4 heterocycles. The first kappa shape index (κ1) is 43.0. The number of hydrogen-bond acceptors (Lipinski definition) is 2. The zero-order chi connectivity index (χ0) is 59.4. The van der Waals surface area contributed by atoms with Gasteiger partial charge >= 0.3 is 0 Å². The number of fused-ring (bicyclic) bond motifs is 7. The first-order valence-electron chi connectivity index (χ1n) is 30.4. The Balaban J connectivity index is 0.969. The quantitative estimate of drug-likeness (QED) is 0.0957. The van der Waals surface area contributed by atoms with Gasteiger partial charge in [0.1, 0.15) is 17.3 Å². The molecule has 0 aliphatic carbocycles. The van der Waals surface area contributed by atoms with Gasteiger partial charge in [-0.2, -0.15) is 0 Å². The second kappa shape index (κ2) is 19.5. The number of nitrogens with zero attached hydrogens (tertiary/aromatic N) is 5. The van der Waals surface area contributed by atoms with Crippen LogP contribution in [0.4, 0.5) is 0 Å². The fourth-order valence-corrected chi connectivity index (χ4v) is 11.6. The van der Waals surface area contributed by atoms with Gasteiger partial charge in [0.05, 0.1) is 51.3 Å². The van der Waals surface area contributed by atoms with Crippen molar-refractivity contribution >= 4 is 54.6 Å². The fourth-order valence-electron chi connectivity index (χ4n) is 11.6. The Labute approximate surface area is 471 Å². The molecule has 388 valence electrons. The molecule has 0 atom stereocenters. The Bertz CT molecular complexity index is 4730. The van der Waals surface area contributed by atoms with Gasteiger partial charge in [-0.15, -0.1) is 0 Å². The average molecular weight is 1030 g/mol. The lowest BCUT2D eigenvalue weighted by Crippen LogP contribution is -2.31. The lowest BCUT2D eigenvalue weighted by molar-refractivity contribution is -0.571. The standard InChI is InChI=1S/C73H65N5O/c1-9-48(10-2)50-38-39-74-70(42-50)78-66-37-34-55(77-64-30-16-14-26-60(64)61-27-15-17-31-65(61)77)45-63(66)62-36-35-57(46-69(62)78)79-56-25-20-24-54(44-56)75-47-76(68-33-19-18-32-67(68)75)71-58(49-22-12-11-13-23-49)28-21-29-59(71)51-40-52(72(3,4)5)43-53(41-51)73(6,7)8/h11-46,48H,9-10H2,1-8H3/i11D,12D,13D,22D,23D,48D. The molecule has 6 nitrogen and oxygen atoms in total. The van der Waals surface area contributed by atoms with Crippen LogP contribution in [-0.2, 0) is 10.8 Å². The van der Waals surface area contributed by atoms with Crippen molar-refractivity contribution in [3.8, 4) is 56.6 Å². The Morgan fingerprint density at radius 3 is 1.85 bits per heavy atom. The van der Waals surface area contributed by atoms with Gasteiger partial charge in [-0.25, -0.2) is 4.98 Å². The predicted molar refractivity (Wildman–Crippen MR) is 328 cm³/mol. The molecule has 0 unspecified atom stereocenters. The van der Waals surface area contributed by atoms with Crippen molar-refractivity contribution in [2.45, 2.75) is 85.0 Å². The second-order valence-electron chi connectivity index (χ2n) is 22.7.